The molecule has 0 aliphatic rings. The zero-order chi connectivity index (χ0) is 14.0. The van der Waals surface area contributed by atoms with Crippen molar-refractivity contribution in [3.63, 3.8) is 0 Å². The Morgan fingerprint density at radius 1 is 1.53 bits per heavy atom. The van der Waals surface area contributed by atoms with Crippen LogP contribution in [-0.4, -0.2) is 15.8 Å². The number of nitrogen functional groups attached to an aromatic ring is 1. The Kier molecular flexibility index (Phi) is 3.63. The molecule has 1 amide bonds. The van der Waals surface area contributed by atoms with Gasteiger partial charge in [-0.2, -0.15) is 0 Å². The number of carbonyl (C=O) groups is 1. The molecule has 19 heavy (non-hydrogen) atoms. The number of nitrogens with zero attached hydrogens (tertiary/aromatic N) is 2. The van der Waals surface area contributed by atoms with E-state index < -0.39 is 10.8 Å². The van der Waals surface area contributed by atoms with Crippen LogP contribution >= 0.6 is 22.9 Å². The molecular formula is C10H7ClN4O3S. The predicted molar refractivity (Wildman–Crippen MR) is 72.6 cm³/mol. The molecule has 0 aliphatic carbocycles. The van der Waals surface area contributed by atoms with Crippen LogP contribution in [0, 0.1) is 10.1 Å². The number of nitro groups is 1. The second-order valence-corrected chi connectivity index (χ2v) is 4.74. The maximum absolute atomic E-state index is 11.8. The second kappa shape index (κ2) is 5.21. The molecule has 0 bridgehead atoms. The number of halogens is 1. The minimum Gasteiger partial charge on any atom is -0.375 e. The summed E-state index contributed by atoms with van der Waals surface area (Å²) in [5, 5.41) is 14.9. The molecule has 3 N–H and O–H groups in total. The molecule has 0 fully saturated rings. The van der Waals surface area contributed by atoms with Crippen LogP contribution in [0.25, 0.3) is 0 Å². The topological polar surface area (TPSA) is 111 Å². The summed E-state index contributed by atoms with van der Waals surface area (Å²) < 4.78 is 0. The minimum absolute atomic E-state index is 0.0748. The zero-order valence-corrected chi connectivity index (χ0v) is 10.9. The number of thiazole rings is 1. The number of carbonyl (C=O) groups excluding carboxylic acids is 1. The van der Waals surface area contributed by atoms with E-state index in [0.717, 1.165) is 17.4 Å². The van der Waals surface area contributed by atoms with E-state index in [2.05, 4.69) is 10.3 Å². The van der Waals surface area contributed by atoms with E-state index in [1.807, 2.05) is 0 Å². The van der Waals surface area contributed by atoms with Crippen molar-refractivity contribution in [2.24, 2.45) is 0 Å². The average Bonchev–Trinajstić information content (AvgIpc) is 2.78. The van der Waals surface area contributed by atoms with Gasteiger partial charge in [0.25, 0.3) is 11.6 Å². The number of rotatable bonds is 3. The standard InChI is InChI=1S/C10H7ClN4O3S/c11-6-3-5(15(17)18)1-2-7(6)13-9(16)8-4-19-10(12)14-8/h1-4H,(H2,12,14)(H,13,16). The fourth-order valence-electron chi connectivity index (χ4n) is 1.30. The monoisotopic (exact) mass is 298 g/mol. The summed E-state index contributed by atoms with van der Waals surface area (Å²) in [4.78, 5) is 25.6. The lowest BCUT2D eigenvalue weighted by molar-refractivity contribution is -0.384. The van der Waals surface area contributed by atoms with Crippen LogP contribution in [0.15, 0.2) is 23.6 Å². The lowest BCUT2D eigenvalue weighted by atomic mass is 10.2. The Morgan fingerprint density at radius 2 is 2.26 bits per heavy atom. The largest absolute Gasteiger partial charge is 0.375 e. The highest BCUT2D eigenvalue weighted by molar-refractivity contribution is 7.13. The third-order valence-electron chi connectivity index (χ3n) is 2.17. The molecule has 0 radical (unpaired) electrons. The Bertz CT molecular complexity index is 658. The number of aromatic nitrogens is 1. The van der Waals surface area contributed by atoms with Crippen LogP contribution in [0.4, 0.5) is 16.5 Å². The number of hydrogen-bond donors (Lipinski definition) is 2. The maximum atomic E-state index is 11.8. The molecule has 0 spiro atoms. The first-order valence-electron chi connectivity index (χ1n) is 4.93. The minimum atomic E-state index is -0.571. The van der Waals surface area contributed by atoms with Gasteiger partial charge in [-0.1, -0.05) is 11.6 Å². The van der Waals surface area contributed by atoms with Crippen LogP contribution < -0.4 is 11.1 Å². The third-order valence-corrected chi connectivity index (χ3v) is 3.15. The average molecular weight is 299 g/mol. The quantitative estimate of drug-likeness (QED) is 0.668. The van der Waals surface area contributed by atoms with Crippen LogP contribution in [0.1, 0.15) is 10.5 Å². The first-order valence-corrected chi connectivity index (χ1v) is 6.19. The molecule has 1 heterocycles. The normalized spacial score (nSPS) is 10.2. The van der Waals surface area contributed by atoms with E-state index >= 15 is 0 Å². The summed E-state index contributed by atoms with van der Waals surface area (Å²) in [7, 11) is 0. The van der Waals surface area contributed by atoms with Crippen LogP contribution in [0.5, 0.6) is 0 Å². The zero-order valence-electron chi connectivity index (χ0n) is 9.29. The molecule has 98 valence electrons. The van der Waals surface area contributed by atoms with Gasteiger partial charge in [-0.25, -0.2) is 4.98 Å². The Morgan fingerprint density at radius 3 is 2.79 bits per heavy atom. The third kappa shape index (κ3) is 2.98. The van der Waals surface area contributed by atoms with Crippen LogP contribution in [0.2, 0.25) is 5.02 Å². The van der Waals surface area contributed by atoms with Gasteiger partial charge in [0, 0.05) is 17.5 Å². The number of nitrogens with one attached hydrogen (secondary N) is 1. The number of benzene rings is 1. The smallest absolute Gasteiger partial charge is 0.275 e. The summed E-state index contributed by atoms with van der Waals surface area (Å²) in [6, 6.07) is 3.76. The van der Waals surface area contributed by atoms with Gasteiger partial charge in [0.1, 0.15) is 5.69 Å². The number of anilines is 2. The molecule has 1 aromatic heterocycles. The lowest BCUT2D eigenvalue weighted by Crippen LogP contribution is -2.12. The highest BCUT2D eigenvalue weighted by atomic mass is 35.5. The first kappa shape index (κ1) is 13.2. The van der Waals surface area contributed by atoms with Crippen molar-refractivity contribution < 1.29 is 9.72 Å². The van der Waals surface area contributed by atoms with Gasteiger partial charge >= 0.3 is 0 Å². The number of hydrogen-bond acceptors (Lipinski definition) is 6. The Labute approximate surface area is 116 Å². The van der Waals surface area contributed by atoms with E-state index in [9.17, 15) is 14.9 Å². The first-order chi connectivity index (χ1) is 8.97. The second-order valence-electron chi connectivity index (χ2n) is 3.45. The van der Waals surface area contributed by atoms with Crippen LogP contribution in [-0.2, 0) is 0 Å². The van der Waals surface area contributed by atoms with Gasteiger partial charge in [-0.05, 0) is 6.07 Å². The SMILES string of the molecule is Nc1nc(C(=O)Nc2ccc([N+](=O)[O-])cc2Cl)cs1. The van der Waals surface area contributed by atoms with Crippen molar-refractivity contribution >= 4 is 45.4 Å². The summed E-state index contributed by atoms with van der Waals surface area (Å²) >= 11 is 6.99. The summed E-state index contributed by atoms with van der Waals surface area (Å²) in [5.41, 5.74) is 5.70. The fourth-order valence-corrected chi connectivity index (χ4v) is 2.06. The van der Waals surface area contributed by atoms with Gasteiger partial charge < -0.3 is 11.1 Å². The van der Waals surface area contributed by atoms with Gasteiger partial charge in [-0.15, -0.1) is 11.3 Å². The van der Waals surface area contributed by atoms with Crippen molar-refractivity contribution in [3.05, 3.63) is 44.4 Å². The highest BCUT2D eigenvalue weighted by Gasteiger charge is 2.14. The molecule has 0 saturated heterocycles. The highest BCUT2D eigenvalue weighted by Crippen LogP contribution is 2.27. The van der Waals surface area contributed by atoms with E-state index in [1.54, 1.807) is 0 Å². The van der Waals surface area contributed by atoms with Gasteiger partial charge in [0.05, 0.1) is 15.6 Å². The van der Waals surface area contributed by atoms with Gasteiger partial charge in [0.15, 0.2) is 5.13 Å². The number of amides is 1. The molecule has 0 aliphatic heterocycles. The molecular weight excluding hydrogens is 292 g/mol. The fraction of sp³-hybridized carbons (Fsp3) is 0. The number of nitrogens with two attached hydrogens (primary N) is 1. The molecule has 0 saturated carbocycles. The molecule has 0 unspecified atom stereocenters. The van der Waals surface area contributed by atoms with Crippen molar-refractivity contribution in [1.29, 1.82) is 0 Å². The van der Waals surface area contributed by atoms with Crippen molar-refractivity contribution in [1.82, 2.24) is 4.98 Å². The van der Waals surface area contributed by atoms with Gasteiger partial charge in [0.2, 0.25) is 0 Å². The van der Waals surface area contributed by atoms with Gasteiger partial charge in [-0.3, -0.25) is 14.9 Å². The van der Waals surface area contributed by atoms with Crippen molar-refractivity contribution in [3.8, 4) is 0 Å². The van der Waals surface area contributed by atoms with E-state index in [0.29, 0.717) is 0 Å². The number of non-ortho nitro benzene ring substituents is 1. The van der Waals surface area contributed by atoms with Crippen molar-refractivity contribution in [2.45, 2.75) is 0 Å². The summed E-state index contributed by atoms with van der Waals surface area (Å²) in [6.45, 7) is 0. The summed E-state index contributed by atoms with van der Waals surface area (Å²) in [5.74, 6) is -0.483. The molecule has 1 aromatic carbocycles. The molecule has 2 rings (SSSR count). The lowest BCUT2D eigenvalue weighted by Gasteiger charge is -2.05. The predicted octanol–water partition coefficient (Wildman–Crippen LogP) is 2.54. The van der Waals surface area contributed by atoms with E-state index in [4.69, 9.17) is 17.3 Å². The van der Waals surface area contributed by atoms with E-state index in [-0.39, 0.29) is 27.2 Å². The Hall–Kier alpha value is -2.19. The van der Waals surface area contributed by atoms with Crippen LogP contribution in [0.3, 0.4) is 0 Å². The molecule has 7 nitrogen and oxygen atoms in total. The van der Waals surface area contributed by atoms with E-state index in [1.165, 1.54) is 17.5 Å². The molecule has 2 aromatic rings. The summed E-state index contributed by atoms with van der Waals surface area (Å²) in [6.07, 6.45) is 0. The Balaban J connectivity index is 2.20. The molecule has 0 atom stereocenters. The molecule has 9 heteroatoms. The number of nitro benzene ring substituents is 1. The maximum Gasteiger partial charge on any atom is 0.275 e. The van der Waals surface area contributed by atoms with Crippen molar-refractivity contribution in [2.75, 3.05) is 11.1 Å².